The van der Waals surface area contributed by atoms with Gasteiger partial charge >= 0.3 is 0 Å². The van der Waals surface area contributed by atoms with Crippen LogP contribution in [0, 0.1) is 11.8 Å². The van der Waals surface area contributed by atoms with E-state index >= 15 is 0 Å². The molecule has 0 saturated carbocycles. The number of nitrogens with one attached hydrogen (secondary N) is 2. The lowest BCUT2D eigenvalue weighted by Gasteiger charge is -2.15. The molecule has 1 unspecified atom stereocenters. The Balaban J connectivity index is 2.67. The van der Waals surface area contributed by atoms with E-state index in [0.29, 0.717) is 13.0 Å². The van der Waals surface area contributed by atoms with Gasteiger partial charge in [-0.3, -0.25) is 0 Å². The summed E-state index contributed by atoms with van der Waals surface area (Å²) >= 11 is 0. The Bertz CT molecular complexity index is 586. The SMILES string of the molecule is CCCNS(=O)(=O)NC(C)c1ccc(C#CCCO)cc1. The summed E-state index contributed by atoms with van der Waals surface area (Å²) in [7, 11) is -3.47. The average molecular weight is 310 g/mol. The van der Waals surface area contributed by atoms with Gasteiger partial charge in [-0.25, -0.2) is 4.72 Å². The van der Waals surface area contributed by atoms with E-state index in [4.69, 9.17) is 5.11 Å². The average Bonchev–Trinajstić information content (AvgIpc) is 2.46. The van der Waals surface area contributed by atoms with Crippen molar-refractivity contribution >= 4 is 10.2 Å². The van der Waals surface area contributed by atoms with Crippen molar-refractivity contribution in [1.82, 2.24) is 9.44 Å². The van der Waals surface area contributed by atoms with Crippen LogP contribution in [-0.2, 0) is 10.2 Å². The van der Waals surface area contributed by atoms with Gasteiger partial charge in [-0.1, -0.05) is 30.9 Å². The molecular formula is C15H22N2O3S. The number of benzene rings is 1. The van der Waals surface area contributed by atoms with E-state index in [0.717, 1.165) is 17.5 Å². The Morgan fingerprint density at radius 2 is 1.95 bits per heavy atom. The number of hydrogen-bond donors (Lipinski definition) is 3. The fraction of sp³-hybridized carbons (Fsp3) is 0.467. The summed E-state index contributed by atoms with van der Waals surface area (Å²) in [6.45, 7) is 4.16. The molecule has 0 aliphatic carbocycles. The van der Waals surface area contributed by atoms with Crippen LogP contribution in [0.5, 0.6) is 0 Å². The van der Waals surface area contributed by atoms with Crippen molar-refractivity contribution in [3.63, 3.8) is 0 Å². The highest BCUT2D eigenvalue weighted by molar-refractivity contribution is 7.87. The topological polar surface area (TPSA) is 78.4 Å². The van der Waals surface area contributed by atoms with E-state index < -0.39 is 10.2 Å². The summed E-state index contributed by atoms with van der Waals surface area (Å²) < 4.78 is 28.5. The highest BCUT2D eigenvalue weighted by Gasteiger charge is 2.14. The minimum Gasteiger partial charge on any atom is -0.395 e. The van der Waals surface area contributed by atoms with Gasteiger partial charge in [0.2, 0.25) is 0 Å². The van der Waals surface area contributed by atoms with Crippen molar-refractivity contribution in [2.45, 2.75) is 32.7 Å². The first-order chi connectivity index (χ1) is 9.98. The molecule has 0 aliphatic heterocycles. The summed E-state index contributed by atoms with van der Waals surface area (Å²) in [5.74, 6) is 5.77. The Morgan fingerprint density at radius 3 is 2.52 bits per heavy atom. The van der Waals surface area contributed by atoms with Crippen LogP contribution in [0.25, 0.3) is 0 Å². The molecular weight excluding hydrogens is 288 g/mol. The summed E-state index contributed by atoms with van der Waals surface area (Å²) in [4.78, 5) is 0. The predicted molar refractivity (Wildman–Crippen MR) is 83.8 cm³/mol. The molecule has 0 amide bonds. The standard InChI is InChI=1S/C15H22N2O3S/c1-3-11-16-21(19,20)17-13(2)15-9-7-14(8-10-15)6-4-5-12-18/h7-10,13,16-18H,3,5,11-12H2,1-2H3. The van der Waals surface area contributed by atoms with Crippen molar-refractivity contribution in [3.05, 3.63) is 35.4 Å². The molecule has 0 radical (unpaired) electrons. The summed E-state index contributed by atoms with van der Waals surface area (Å²) in [5.41, 5.74) is 1.70. The van der Waals surface area contributed by atoms with Gasteiger partial charge in [0.05, 0.1) is 6.61 Å². The maximum Gasteiger partial charge on any atom is 0.277 e. The fourth-order valence-corrected chi connectivity index (χ4v) is 2.81. The number of hydrogen-bond acceptors (Lipinski definition) is 3. The zero-order chi connectivity index (χ0) is 15.7. The van der Waals surface area contributed by atoms with Crippen molar-refractivity contribution in [3.8, 4) is 11.8 Å². The molecule has 0 aliphatic rings. The molecule has 0 spiro atoms. The van der Waals surface area contributed by atoms with Crippen molar-refractivity contribution in [2.75, 3.05) is 13.2 Å². The molecule has 0 fully saturated rings. The van der Waals surface area contributed by atoms with Gasteiger partial charge in [0.1, 0.15) is 0 Å². The van der Waals surface area contributed by atoms with E-state index in [2.05, 4.69) is 21.3 Å². The third-order valence-corrected chi connectivity index (χ3v) is 4.00. The van der Waals surface area contributed by atoms with Crippen LogP contribution in [0.3, 0.4) is 0 Å². The molecule has 21 heavy (non-hydrogen) atoms. The Kier molecular flexibility index (Phi) is 7.40. The molecule has 0 heterocycles. The highest BCUT2D eigenvalue weighted by atomic mass is 32.2. The van der Waals surface area contributed by atoms with Crippen LogP contribution < -0.4 is 9.44 Å². The molecule has 116 valence electrons. The fourth-order valence-electron chi connectivity index (χ4n) is 1.65. The lowest BCUT2D eigenvalue weighted by atomic mass is 10.1. The normalized spacial score (nSPS) is 12.5. The smallest absolute Gasteiger partial charge is 0.277 e. The first-order valence-electron chi connectivity index (χ1n) is 6.95. The van der Waals surface area contributed by atoms with Crippen LogP contribution in [0.1, 0.15) is 43.9 Å². The third-order valence-electron chi connectivity index (χ3n) is 2.75. The maximum absolute atomic E-state index is 11.7. The molecule has 0 bridgehead atoms. The molecule has 0 saturated heterocycles. The second kappa shape index (κ2) is 8.80. The van der Waals surface area contributed by atoms with Crippen molar-refractivity contribution < 1.29 is 13.5 Å². The predicted octanol–water partition coefficient (Wildman–Crippen LogP) is 1.32. The summed E-state index contributed by atoms with van der Waals surface area (Å²) in [6, 6.07) is 7.04. The second-order valence-electron chi connectivity index (χ2n) is 4.63. The van der Waals surface area contributed by atoms with Crippen LogP contribution in [0.15, 0.2) is 24.3 Å². The number of rotatable bonds is 7. The molecule has 1 aromatic rings. The van der Waals surface area contributed by atoms with E-state index in [1.807, 2.05) is 31.2 Å². The molecule has 1 atom stereocenters. The lowest BCUT2D eigenvalue weighted by Crippen LogP contribution is -2.38. The van der Waals surface area contributed by atoms with E-state index in [9.17, 15) is 8.42 Å². The minimum atomic E-state index is -3.47. The minimum absolute atomic E-state index is 0.0503. The van der Waals surface area contributed by atoms with Gasteiger partial charge in [0.25, 0.3) is 10.2 Å². The van der Waals surface area contributed by atoms with Gasteiger partial charge in [0.15, 0.2) is 0 Å². The van der Waals surface area contributed by atoms with Crippen LogP contribution in [0.4, 0.5) is 0 Å². The monoisotopic (exact) mass is 310 g/mol. The van der Waals surface area contributed by atoms with Gasteiger partial charge in [-0.15, -0.1) is 0 Å². The van der Waals surface area contributed by atoms with Crippen LogP contribution >= 0.6 is 0 Å². The molecule has 0 aromatic heterocycles. The summed E-state index contributed by atoms with van der Waals surface area (Å²) in [6.07, 6.45) is 1.19. The highest BCUT2D eigenvalue weighted by Crippen LogP contribution is 2.13. The quantitative estimate of drug-likeness (QED) is 0.665. The van der Waals surface area contributed by atoms with Crippen molar-refractivity contribution in [1.29, 1.82) is 0 Å². The van der Waals surface area contributed by atoms with Gasteiger partial charge < -0.3 is 5.11 Å². The molecule has 3 N–H and O–H groups in total. The zero-order valence-corrected chi connectivity index (χ0v) is 13.2. The van der Waals surface area contributed by atoms with Gasteiger partial charge in [-0.2, -0.15) is 13.1 Å². The van der Waals surface area contributed by atoms with Crippen LogP contribution in [0.2, 0.25) is 0 Å². The first-order valence-corrected chi connectivity index (χ1v) is 8.43. The first kappa shape index (κ1) is 17.7. The third kappa shape index (κ3) is 6.74. The molecule has 1 aromatic carbocycles. The Hall–Kier alpha value is -1.39. The van der Waals surface area contributed by atoms with Crippen LogP contribution in [-0.4, -0.2) is 26.7 Å². The summed E-state index contributed by atoms with van der Waals surface area (Å²) in [5, 5.41) is 8.66. The van der Waals surface area contributed by atoms with E-state index in [1.165, 1.54) is 0 Å². The number of aliphatic hydroxyl groups excluding tert-OH is 1. The van der Waals surface area contributed by atoms with E-state index in [1.54, 1.807) is 6.92 Å². The zero-order valence-electron chi connectivity index (χ0n) is 12.4. The Labute approximate surface area is 127 Å². The van der Waals surface area contributed by atoms with E-state index in [-0.39, 0.29) is 12.6 Å². The second-order valence-corrected chi connectivity index (χ2v) is 6.17. The Morgan fingerprint density at radius 1 is 1.29 bits per heavy atom. The van der Waals surface area contributed by atoms with Crippen molar-refractivity contribution in [2.24, 2.45) is 0 Å². The van der Waals surface area contributed by atoms with Gasteiger partial charge in [-0.05, 0) is 31.0 Å². The molecule has 6 heteroatoms. The maximum atomic E-state index is 11.7. The largest absolute Gasteiger partial charge is 0.395 e. The molecule has 1 rings (SSSR count). The van der Waals surface area contributed by atoms with Gasteiger partial charge in [0, 0.05) is 24.6 Å². The number of aliphatic hydroxyl groups is 1. The molecule has 5 nitrogen and oxygen atoms in total. The lowest BCUT2D eigenvalue weighted by molar-refractivity contribution is 0.305.